The molecule has 0 aliphatic heterocycles. The van der Waals surface area contributed by atoms with E-state index in [0.29, 0.717) is 18.5 Å². The highest BCUT2D eigenvalue weighted by Gasteiger charge is 2.12. The van der Waals surface area contributed by atoms with Crippen molar-refractivity contribution < 1.29 is 9.90 Å². The van der Waals surface area contributed by atoms with Crippen LogP contribution >= 0.6 is 0 Å². The molecule has 0 radical (unpaired) electrons. The third-order valence-electron chi connectivity index (χ3n) is 1.92. The Bertz CT molecular complexity index is 283. The fraction of sp³-hybridized carbons (Fsp3) is 0.417. The standard InChI is InChI=1S/C12H20N2O2/c1-3-6-10(7-4-2)14-12(16)11(13)8-5-9-15/h3-4,6-7,11,15H,1,5,8-9,13H2,2H3,(H,14,16)/b7-4-,10-6+. The van der Waals surface area contributed by atoms with Crippen LogP contribution < -0.4 is 11.1 Å². The summed E-state index contributed by atoms with van der Waals surface area (Å²) in [5.41, 5.74) is 6.30. The first-order chi connectivity index (χ1) is 7.65. The molecule has 0 aromatic heterocycles. The molecule has 0 aliphatic carbocycles. The molecule has 0 aromatic carbocycles. The van der Waals surface area contributed by atoms with Gasteiger partial charge in [-0.1, -0.05) is 18.7 Å². The van der Waals surface area contributed by atoms with Gasteiger partial charge in [-0.2, -0.15) is 0 Å². The predicted octanol–water partition coefficient (Wildman–Crippen LogP) is 0.848. The van der Waals surface area contributed by atoms with Gasteiger partial charge in [-0.15, -0.1) is 0 Å². The fourth-order valence-electron chi connectivity index (χ4n) is 1.12. The molecular formula is C12H20N2O2. The van der Waals surface area contributed by atoms with Crippen molar-refractivity contribution in [1.82, 2.24) is 5.32 Å². The van der Waals surface area contributed by atoms with Gasteiger partial charge in [-0.3, -0.25) is 4.79 Å². The minimum Gasteiger partial charge on any atom is -0.396 e. The molecule has 0 saturated heterocycles. The largest absolute Gasteiger partial charge is 0.396 e. The van der Waals surface area contributed by atoms with Gasteiger partial charge in [0, 0.05) is 12.3 Å². The number of aliphatic hydroxyl groups excluding tert-OH is 1. The minimum absolute atomic E-state index is 0.0468. The maximum atomic E-state index is 11.6. The second-order valence-corrected chi connectivity index (χ2v) is 3.32. The van der Waals surface area contributed by atoms with Crippen LogP contribution in [0.4, 0.5) is 0 Å². The van der Waals surface area contributed by atoms with Crippen molar-refractivity contribution in [2.75, 3.05) is 6.61 Å². The summed E-state index contributed by atoms with van der Waals surface area (Å²) in [7, 11) is 0. The van der Waals surface area contributed by atoms with Crippen LogP contribution in [0.3, 0.4) is 0 Å². The maximum absolute atomic E-state index is 11.6. The van der Waals surface area contributed by atoms with Gasteiger partial charge in [0.2, 0.25) is 5.91 Å². The summed E-state index contributed by atoms with van der Waals surface area (Å²) in [6.07, 6.45) is 7.86. The Morgan fingerprint density at radius 1 is 1.62 bits per heavy atom. The van der Waals surface area contributed by atoms with Crippen molar-refractivity contribution >= 4 is 5.91 Å². The van der Waals surface area contributed by atoms with Crippen molar-refractivity contribution in [1.29, 1.82) is 0 Å². The van der Waals surface area contributed by atoms with Crippen molar-refractivity contribution in [3.05, 3.63) is 36.6 Å². The molecule has 4 heteroatoms. The Morgan fingerprint density at radius 2 is 2.31 bits per heavy atom. The first-order valence-corrected chi connectivity index (χ1v) is 5.28. The Kier molecular flexibility index (Phi) is 8.11. The monoisotopic (exact) mass is 224 g/mol. The van der Waals surface area contributed by atoms with Crippen LogP contribution in [0.1, 0.15) is 19.8 Å². The van der Waals surface area contributed by atoms with E-state index in [4.69, 9.17) is 10.8 Å². The number of rotatable bonds is 7. The number of nitrogens with two attached hydrogens (primary N) is 1. The van der Waals surface area contributed by atoms with E-state index in [1.54, 1.807) is 18.2 Å². The van der Waals surface area contributed by atoms with Crippen LogP contribution in [-0.4, -0.2) is 23.7 Å². The lowest BCUT2D eigenvalue weighted by Gasteiger charge is -2.11. The molecule has 4 nitrogen and oxygen atoms in total. The molecule has 1 amide bonds. The molecule has 0 heterocycles. The lowest BCUT2D eigenvalue weighted by molar-refractivity contribution is -0.121. The van der Waals surface area contributed by atoms with E-state index >= 15 is 0 Å². The van der Waals surface area contributed by atoms with Gasteiger partial charge >= 0.3 is 0 Å². The first-order valence-electron chi connectivity index (χ1n) is 5.28. The number of carbonyl (C=O) groups is 1. The predicted molar refractivity (Wildman–Crippen MR) is 65.5 cm³/mol. The zero-order valence-corrected chi connectivity index (χ0v) is 9.65. The zero-order valence-electron chi connectivity index (χ0n) is 9.65. The quantitative estimate of drug-likeness (QED) is 0.561. The van der Waals surface area contributed by atoms with Gasteiger partial charge in [-0.25, -0.2) is 0 Å². The molecule has 90 valence electrons. The smallest absolute Gasteiger partial charge is 0.241 e. The van der Waals surface area contributed by atoms with E-state index in [1.807, 2.05) is 13.0 Å². The number of amides is 1. The van der Waals surface area contributed by atoms with Crippen LogP contribution in [0.5, 0.6) is 0 Å². The number of allylic oxidation sites excluding steroid dienone is 4. The second-order valence-electron chi connectivity index (χ2n) is 3.32. The average Bonchev–Trinajstić information content (AvgIpc) is 2.26. The van der Waals surface area contributed by atoms with Crippen LogP contribution in [0.15, 0.2) is 36.6 Å². The lowest BCUT2D eigenvalue weighted by atomic mass is 10.1. The topological polar surface area (TPSA) is 75.4 Å². The summed E-state index contributed by atoms with van der Waals surface area (Å²) < 4.78 is 0. The fourth-order valence-corrected chi connectivity index (χ4v) is 1.12. The second kappa shape index (κ2) is 8.88. The molecule has 0 aromatic rings. The van der Waals surface area contributed by atoms with Crippen molar-refractivity contribution in [3.63, 3.8) is 0 Å². The van der Waals surface area contributed by atoms with Crippen LogP contribution in [0.25, 0.3) is 0 Å². The van der Waals surface area contributed by atoms with Gasteiger partial charge in [0.15, 0.2) is 0 Å². The Morgan fingerprint density at radius 3 is 2.81 bits per heavy atom. The van der Waals surface area contributed by atoms with Crippen molar-refractivity contribution in [2.24, 2.45) is 5.73 Å². The molecule has 4 N–H and O–H groups in total. The Hall–Kier alpha value is -1.39. The highest BCUT2D eigenvalue weighted by Crippen LogP contribution is 1.98. The summed E-state index contributed by atoms with van der Waals surface area (Å²) in [4.78, 5) is 11.6. The number of hydrogen-bond donors (Lipinski definition) is 3. The number of aliphatic hydroxyl groups is 1. The summed E-state index contributed by atoms with van der Waals surface area (Å²) in [5, 5.41) is 11.3. The van der Waals surface area contributed by atoms with Crippen LogP contribution in [-0.2, 0) is 4.79 Å². The first kappa shape index (κ1) is 14.6. The molecule has 0 saturated carbocycles. The van der Waals surface area contributed by atoms with E-state index in [1.165, 1.54) is 0 Å². The molecule has 0 spiro atoms. The van der Waals surface area contributed by atoms with Gasteiger partial charge in [-0.05, 0) is 31.9 Å². The van der Waals surface area contributed by atoms with Crippen molar-refractivity contribution in [3.8, 4) is 0 Å². The van der Waals surface area contributed by atoms with E-state index in [0.717, 1.165) is 0 Å². The Labute approximate surface area is 96.5 Å². The summed E-state index contributed by atoms with van der Waals surface area (Å²) in [6, 6.07) is -0.592. The van der Waals surface area contributed by atoms with Gasteiger partial charge in [0.1, 0.15) is 0 Å². The highest BCUT2D eigenvalue weighted by molar-refractivity contribution is 5.83. The summed E-state index contributed by atoms with van der Waals surface area (Å²) in [6.45, 7) is 5.46. The van der Waals surface area contributed by atoms with Gasteiger partial charge in [0.25, 0.3) is 0 Å². The SMILES string of the molecule is C=C/C=C(\C=C/C)NC(=O)C(N)CCCO. The highest BCUT2D eigenvalue weighted by atomic mass is 16.3. The molecule has 1 unspecified atom stereocenters. The maximum Gasteiger partial charge on any atom is 0.241 e. The molecule has 16 heavy (non-hydrogen) atoms. The van der Waals surface area contributed by atoms with Crippen LogP contribution in [0.2, 0.25) is 0 Å². The molecule has 0 bridgehead atoms. The van der Waals surface area contributed by atoms with Gasteiger partial charge in [0.05, 0.1) is 6.04 Å². The third-order valence-corrected chi connectivity index (χ3v) is 1.92. The molecular weight excluding hydrogens is 204 g/mol. The zero-order chi connectivity index (χ0) is 12.4. The van der Waals surface area contributed by atoms with E-state index in [9.17, 15) is 4.79 Å². The number of carbonyl (C=O) groups excluding carboxylic acids is 1. The lowest BCUT2D eigenvalue weighted by Crippen LogP contribution is -2.39. The normalized spacial score (nSPS) is 13.8. The molecule has 0 rings (SSSR count). The third kappa shape index (κ3) is 6.16. The Balaban J connectivity index is 4.28. The number of hydrogen-bond acceptors (Lipinski definition) is 3. The minimum atomic E-state index is -0.592. The summed E-state index contributed by atoms with van der Waals surface area (Å²) >= 11 is 0. The molecule has 1 atom stereocenters. The number of nitrogens with one attached hydrogen (secondary N) is 1. The van der Waals surface area contributed by atoms with Gasteiger partial charge < -0.3 is 16.2 Å². The average molecular weight is 224 g/mol. The van der Waals surface area contributed by atoms with Crippen LogP contribution in [0, 0.1) is 0 Å². The van der Waals surface area contributed by atoms with E-state index in [2.05, 4.69) is 11.9 Å². The van der Waals surface area contributed by atoms with E-state index < -0.39 is 6.04 Å². The molecule has 0 fully saturated rings. The van der Waals surface area contributed by atoms with Crippen molar-refractivity contribution in [2.45, 2.75) is 25.8 Å². The van der Waals surface area contributed by atoms with E-state index in [-0.39, 0.29) is 12.5 Å². The summed E-state index contributed by atoms with van der Waals surface area (Å²) in [5.74, 6) is -0.250. The molecule has 0 aliphatic rings.